The Morgan fingerprint density at radius 1 is 1.28 bits per heavy atom. The predicted molar refractivity (Wildman–Crippen MR) is 99.0 cm³/mol. The van der Waals surface area contributed by atoms with Crippen molar-refractivity contribution in [1.82, 2.24) is 4.90 Å². The van der Waals surface area contributed by atoms with Gasteiger partial charge < -0.3 is 14.1 Å². The Balaban J connectivity index is 2.15. The first-order chi connectivity index (χ1) is 11.9. The van der Waals surface area contributed by atoms with Crippen molar-refractivity contribution < 1.29 is 13.9 Å². The number of amides is 1. The smallest absolute Gasteiger partial charge is 0.336 e. The molecule has 2 aromatic rings. The Hall–Kier alpha value is -2.56. The van der Waals surface area contributed by atoms with E-state index in [0.717, 1.165) is 29.4 Å². The zero-order valence-electron chi connectivity index (χ0n) is 15.1. The van der Waals surface area contributed by atoms with E-state index in [9.17, 15) is 9.59 Å². The molecule has 0 aliphatic rings. The van der Waals surface area contributed by atoms with Gasteiger partial charge in [0.1, 0.15) is 11.3 Å². The van der Waals surface area contributed by atoms with E-state index in [0.29, 0.717) is 24.4 Å². The fraction of sp³-hybridized carbons (Fsp3) is 0.400. The molecule has 5 nitrogen and oxygen atoms in total. The van der Waals surface area contributed by atoms with Crippen molar-refractivity contribution in [1.29, 1.82) is 0 Å². The second kappa shape index (κ2) is 8.51. The van der Waals surface area contributed by atoms with Crippen molar-refractivity contribution in [2.24, 2.45) is 0 Å². The molecule has 1 aromatic heterocycles. The first kappa shape index (κ1) is 18.8. The van der Waals surface area contributed by atoms with Gasteiger partial charge in [0.25, 0.3) is 5.91 Å². The molecule has 2 rings (SSSR count). The Morgan fingerprint density at radius 3 is 2.68 bits per heavy atom. The predicted octanol–water partition coefficient (Wildman–Crippen LogP) is 3.55. The van der Waals surface area contributed by atoms with E-state index in [1.807, 2.05) is 19.9 Å². The van der Waals surface area contributed by atoms with Crippen LogP contribution in [0.1, 0.15) is 32.8 Å². The van der Waals surface area contributed by atoms with E-state index >= 15 is 0 Å². The van der Waals surface area contributed by atoms with Crippen LogP contribution in [0, 0.1) is 0 Å². The van der Waals surface area contributed by atoms with Crippen molar-refractivity contribution in [2.45, 2.75) is 33.6 Å². The normalized spacial score (nSPS) is 10.7. The molecule has 0 bridgehead atoms. The molecule has 0 unspecified atom stereocenters. The molecule has 0 atom stereocenters. The van der Waals surface area contributed by atoms with Crippen LogP contribution in [0.25, 0.3) is 11.0 Å². The van der Waals surface area contributed by atoms with E-state index in [-0.39, 0.29) is 18.1 Å². The SMILES string of the molecule is C=C(C)CN(CC)C(=O)COc1ccc2c(CCC)cc(=O)oc2c1. The lowest BCUT2D eigenvalue weighted by atomic mass is 10.1. The van der Waals surface area contributed by atoms with Gasteiger partial charge in [-0.3, -0.25) is 4.79 Å². The number of carbonyl (C=O) groups excluding carboxylic acids is 1. The van der Waals surface area contributed by atoms with Crippen LogP contribution in [0.15, 0.2) is 45.6 Å². The zero-order chi connectivity index (χ0) is 18.4. The lowest BCUT2D eigenvalue weighted by Crippen LogP contribution is -2.35. The number of aryl methyl sites for hydroxylation is 1. The summed E-state index contributed by atoms with van der Waals surface area (Å²) < 4.78 is 10.9. The third kappa shape index (κ3) is 4.95. The van der Waals surface area contributed by atoms with Gasteiger partial charge in [-0.25, -0.2) is 4.79 Å². The molecule has 1 heterocycles. The highest BCUT2D eigenvalue weighted by molar-refractivity contribution is 5.82. The van der Waals surface area contributed by atoms with E-state index in [1.165, 1.54) is 6.07 Å². The van der Waals surface area contributed by atoms with Gasteiger partial charge in [-0.05, 0) is 38.0 Å². The van der Waals surface area contributed by atoms with E-state index in [2.05, 4.69) is 13.5 Å². The Labute approximate surface area is 147 Å². The topological polar surface area (TPSA) is 59.8 Å². The number of hydrogen-bond donors (Lipinski definition) is 0. The van der Waals surface area contributed by atoms with Gasteiger partial charge in [0, 0.05) is 30.6 Å². The third-order valence-corrected chi connectivity index (χ3v) is 3.88. The first-order valence-electron chi connectivity index (χ1n) is 8.56. The zero-order valence-corrected chi connectivity index (χ0v) is 15.1. The summed E-state index contributed by atoms with van der Waals surface area (Å²) in [5, 5.41) is 0.901. The van der Waals surface area contributed by atoms with Crippen molar-refractivity contribution in [2.75, 3.05) is 19.7 Å². The maximum absolute atomic E-state index is 12.2. The monoisotopic (exact) mass is 343 g/mol. The average Bonchev–Trinajstić information content (AvgIpc) is 2.57. The maximum Gasteiger partial charge on any atom is 0.336 e. The largest absolute Gasteiger partial charge is 0.484 e. The summed E-state index contributed by atoms with van der Waals surface area (Å²) in [7, 11) is 0. The molecule has 0 spiro atoms. The van der Waals surface area contributed by atoms with Crippen LogP contribution in [0.2, 0.25) is 0 Å². The molecular weight excluding hydrogens is 318 g/mol. The van der Waals surface area contributed by atoms with Crippen molar-refractivity contribution in [3.05, 3.63) is 52.4 Å². The Kier molecular flexibility index (Phi) is 6.39. The van der Waals surface area contributed by atoms with Crippen LogP contribution in [0.4, 0.5) is 0 Å². The number of rotatable bonds is 8. The van der Waals surface area contributed by atoms with Gasteiger partial charge in [0.2, 0.25) is 0 Å². The minimum absolute atomic E-state index is 0.0640. The molecule has 0 fully saturated rings. The van der Waals surface area contributed by atoms with Gasteiger partial charge in [-0.1, -0.05) is 25.5 Å². The summed E-state index contributed by atoms with van der Waals surface area (Å²) in [5.41, 5.74) is 2.00. The third-order valence-electron chi connectivity index (χ3n) is 3.88. The molecule has 0 saturated heterocycles. The molecule has 0 saturated carbocycles. The lowest BCUT2D eigenvalue weighted by Gasteiger charge is -2.21. The molecule has 25 heavy (non-hydrogen) atoms. The second-order valence-electron chi connectivity index (χ2n) is 6.15. The summed E-state index contributed by atoms with van der Waals surface area (Å²) in [6.45, 7) is 10.8. The lowest BCUT2D eigenvalue weighted by molar-refractivity contribution is -0.132. The fourth-order valence-corrected chi connectivity index (χ4v) is 2.71. The summed E-state index contributed by atoms with van der Waals surface area (Å²) in [5.74, 6) is 0.399. The summed E-state index contributed by atoms with van der Waals surface area (Å²) in [6, 6.07) is 6.86. The summed E-state index contributed by atoms with van der Waals surface area (Å²) in [4.78, 5) is 25.6. The number of benzene rings is 1. The highest BCUT2D eigenvalue weighted by Crippen LogP contribution is 2.23. The molecule has 0 N–H and O–H groups in total. The Morgan fingerprint density at radius 2 is 2.04 bits per heavy atom. The van der Waals surface area contributed by atoms with Gasteiger partial charge in [0.15, 0.2) is 6.61 Å². The quantitative estimate of drug-likeness (QED) is 0.543. The molecule has 5 heteroatoms. The molecule has 134 valence electrons. The number of fused-ring (bicyclic) bond motifs is 1. The first-order valence-corrected chi connectivity index (χ1v) is 8.56. The molecule has 0 aliphatic carbocycles. The van der Waals surface area contributed by atoms with Crippen LogP contribution in [-0.2, 0) is 11.2 Å². The Bertz CT molecular complexity index is 822. The number of hydrogen-bond acceptors (Lipinski definition) is 4. The van der Waals surface area contributed by atoms with E-state index < -0.39 is 0 Å². The van der Waals surface area contributed by atoms with Gasteiger partial charge in [-0.2, -0.15) is 0 Å². The highest BCUT2D eigenvalue weighted by atomic mass is 16.5. The minimum atomic E-state index is -0.372. The van der Waals surface area contributed by atoms with Gasteiger partial charge in [0.05, 0.1) is 0 Å². The molecule has 1 aromatic carbocycles. The molecular formula is C20H25NO4. The van der Waals surface area contributed by atoms with Crippen LogP contribution < -0.4 is 10.4 Å². The summed E-state index contributed by atoms with van der Waals surface area (Å²) >= 11 is 0. The van der Waals surface area contributed by atoms with E-state index in [1.54, 1.807) is 17.0 Å². The average molecular weight is 343 g/mol. The number of likely N-dealkylation sites (N-methyl/N-ethyl adjacent to an activating group) is 1. The molecule has 0 radical (unpaired) electrons. The standard InChI is InChI=1S/C20H25NO4/c1-5-7-15-10-20(23)25-18-11-16(8-9-17(15)18)24-13-19(22)21(6-2)12-14(3)4/h8-11H,3,5-7,12-13H2,1-2,4H3. The fourth-order valence-electron chi connectivity index (χ4n) is 2.71. The summed E-state index contributed by atoms with van der Waals surface area (Å²) in [6.07, 6.45) is 1.76. The van der Waals surface area contributed by atoms with Crippen molar-refractivity contribution in [3.8, 4) is 5.75 Å². The minimum Gasteiger partial charge on any atom is -0.484 e. The molecule has 1 amide bonds. The van der Waals surface area contributed by atoms with Crippen LogP contribution in [0.3, 0.4) is 0 Å². The van der Waals surface area contributed by atoms with E-state index in [4.69, 9.17) is 9.15 Å². The second-order valence-corrected chi connectivity index (χ2v) is 6.15. The van der Waals surface area contributed by atoms with Crippen LogP contribution in [0.5, 0.6) is 5.75 Å². The number of nitrogens with zero attached hydrogens (tertiary/aromatic N) is 1. The van der Waals surface area contributed by atoms with Crippen molar-refractivity contribution in [3.63, 3.8) is 0 Å². The van der Waals surface area contributed by atoms with Crippen molar-refractivity contribution >= 4 is 16.9 Å². The highest BCUT2D eigenvalue weighted by Gasteiger charge is 2.13. The van der Waals surface area contributed by atoms with Crippen LogP contribution >= 0.6 is 0 Å². The van der Waals surface area contributed by atoms with Gasteiger partial charge >= 0.3 is 5.63 Å². The van der Waals surface area contributed by atoms with Gasteiger partial charge in [-0.15, -0.1) is 0 Å². The number of ether oxygens (including phenoxy) is 1. The maximum atomic E-state index is 12.2. The van der Waals surface area contributed by atoms with Crippen LogP contribution in [-0.4, -0.2) is 30.5 Å². The molecule has 0 aliphatic heterocycles. The number of carbonyl (C=O) groups is 1.